The Morgan fingerprint density at radius 1 is 1.34 bits per heavy atom. The van der Waals surface area contributed by atoms with Crippen LogP contribution in [0.15, 0.2) is 53.9 Å². The second kappa shape index (κ2) is 10.4. The summed E-state index contributed by atoms with van der Waals surface area (Å²) in [6, 6.07) is 10.7. The highest BCUT2D eigenvalue weighted by Crippen LogP contribution is 2.46. The van der Waals surface area contributed by atoms with Crippen molar-refractivity contribution in [3.63, 3.8) is 0 Å². The summed E-state index contributed by atoms with van der Waals surface area (Å²) < 4.78 is 35.7. The molecule has 1 saturated carbocycles. The van der Waals surface area contributed by atoms with E-state index in [1.807, 2.05) is 12.1 Å². The number of rotatable bonds is 6. The zero-order chi connectivity index (χ0) is 27.1. The molecule has 1 aliphatic heterocycles. The van der Waals surface area contributed by atoms with Gasteiger partial charge in [0.15, 0.2) is 0 Å². The molecule has 4 atom stereocenters. The minimum absolute atomic E-state index is 0.0538. The zero-order valence-corrected chi connectivity index (χ0v) is 23.1. The molecule has 0 saturated heterocycles. The van der Waals surface area contributed by atoms with Crippen LogP contribution in [0, 0.1) is 11.8 Å². The van der Waals surface area contributed by atoms with Crippen LogP contribution in [-0.4, -0.2) is 47.4 Å². The Labute approximate surface area is 229 Å². The Morgan fingerprint density at radius 3 is 2.84 bits per heavy atom. The van der Waals surface area contributed by atoms with Crippen molar-refractivity contribution in [1.29, 1.82) is 0 Å². The van der Waals surface area contributed by atoms with Crippen molar-refractivity contribution in [2.24, 2.45) is 17.0 Å². The Morgan fingerprint density at radius 2 is 2.16 bits per heavy atom. The first kappa shape index (κ1) is 26.8. The number of fused-ring (bicyclic) bond motifs is 3. The molecule has 2 aromatic rings. The van der Waals surface area contributed by atoms with Gasteiger partial charge < -0.3 is 19.7 Å². The summed E-state index contributed by atoms with van der Waals surface area (Å²) in [6.07, 6.45) is 6.13. The summed E-state index contributed by atoms with van der Waals surface area (Å²) in [4.78, 5) is 14.2. The largest absolute Gasteiger partial charge is 0.490 e. The molecule has 1 heterocycles. The number of hydrogen-bond acceptors (Lipinski definition) is 6. The molecule has 0 aromatic heterocycles. The van der Waals surface area contributed by atoms with Gasteiger partial charge in [-0.25, -0.2) is 18.4 Å². The third kappa shape index (κ3) is 5.11. The van der Waals surface area contributed by atoms with Crippen molar-refractivity contribution in [3.05, 3.63) is 65.2 Å². The smallest absolute Gasteiger partial charge is 0.407 e. The number of methoxy groups -OCH3 is 1. The number of aryl methyl sites for hydroxylation is 1. The molecule has 0 bridgehead atoms. The fourth-order valence-electron chi connectivity index (χ4n) is 6.38. The minimum Gasteiger partial charge on any atom is -0.490 e. The summed E-state index contributed by atoms with van der Waals surface area (Å²) in [5, 5.41) is 9.12. The van der Waals surface area contributed by atoms with E-state index in [1.165, 1.54) is 24.3 Å². The maximum Gasteiger partial charge on any atom is 0.407 e. The van der Waals surface area contributed by atoms with Gasteiger partial charge >= 0.3 is 6.09 Å². The van der Waals surface area contributed by atoms with Crippen molar-refractivity contribution < 1.29 is 22.7 Å². The predicted molar refractivity (Wildman–Crippen MR) is 147 cm³/mol. The van der Waals surface area contributed by atoms with Crippen LogP contribution in [-0.2, 0) is 26.6 Å². The molecule has 10 heteroatoms. The van der Waals surface area contributed by atoms with Crippen molar-refractivity contribution >= 4 is 33.4 Å². The Kier molecular flexibility index (Phi) is 7.37. The lowest BCUT2D eigenvalue weighted by molar-refractivity contribution is 0.127. The molecule has 5 rings (SSSR count). The Hall–Kier alpha value is -2.75. The molecule has 0 unspecified atom stereocenters. The van der Waals surface area contributed by atoms with E-state index < -0.39 is 16.1 Å². The lowest BCUT2D eigenvalue weighted by Gasteiger charge is -2.46. The number of halogens is 1. The van der Waals surface area contributed by atoms with Crippen LogP contribution in [0.3, 0.4) is 0 Å². The molecular formula is C28H34ClN3O5S. The standard InChI is InChI=1S/C28H34ClN3O5S/c1-3-24(31-27(33)36-2)22-9-6-19(22)15-32-16-28(12-4-5-18-13-20(29)7-10-23(18)28)17-37-26-11-8-21(14-25(26)32)38(30,34)35/h3,7-8,10-11,13-14,19,22,24H,1,4-6,9,12,15-17H2,2H3,(H,31,33)(H2,30,34,35)/t19-,22+,24+,28-/m0/s1. The zero-order valence-electron chi connectivity index (χ0n) is 21.5. The number of benzene rings is 2. The number of nitrogens with two attached hydrogens (primary N) is 1. The Bertz CT molecular complexity index is 1350. The molecule has 3 N–H and O–H groups in total. The summed E-state index contributed by atoms with van der Waals surface area (Å²) in [5.74, 6) is 1.08. The number of sulfonamides is 1. The number of amides is 1. The molecule has 2 aromatic carbocycles. The van der Waals surface area contributed by atoms with Gasteiger partial charge in [-0.3, -0.25) is 0 Å². The first-order chi connectivity index (χ1) is 18.1. The van der Waals surface area contributed by atoms with Gasteiger partial charge in [0.05, 0.1) is 30.3 Å². The summed E-state index contributed by atoms with van der Waals surface area (Å²) in [6.45, 7) is 5.74. The number of nitrogens with one attached hydrogen (secondary N) is 1. The van der Waals surface area contributed by atoms with Gasteiger partial charge in [0.25, 0.3) is 0 Å². The van der Waals surface area contributed by atoms with Gasteiger partial charge in [-0.2, -0.15) is 0 Å². The average Bonchev–Trinajstić information content (AvgIpc) is 3.02. The molecule has 1 amide bonds. The van der Waals surface area contributed by atoms with Crippen LogP contribution < -0.4 is 20.1 Å². The van der Waals surface area contributed by atoms with E-state index in [-0.39, 0.29) is 28.2 Å². The highest BCUT2D eigenvalue weighted by molar-refractivity contribution is 7.89. The van der Waals surface area contributed by atoms with Crippen LogP contribution in [0.2, 0.25) is 5.02 Å². The van der Waals surface area contributed by atoms with Gasteiger partial charge in [-0.05, 0) is 85.4 Å². The van der Waals surface area contributed by atoms with E-state index in [9.17, 15) is 13.2 Å². The van der Waals surface area contributed by atoms with Crippen LogP contribution in [0.25, 0.3) is 0 Å². The monoisotopic (exact) mass is 559 g/mol. The molecule has 1 fully saturated rings. The molecule has 3 aliphatic rings. The van der Waals surface area contributed by atoms with E-state index in [0.717, 1.165) is 42.8 Å². The second-order valence-corrected chi connectivity index (χ2v) is 12.7. The van der Waals surface area contributed by atoms with Crippen molar-refractivity contribution in [3.8, 4) is 5.75 Å². The fraction of sp³-hybridized carbons (Fsp3) is 0.464. The fourth-order valence-corrected chi connectivity index (χ4v) is 7.11. The molecule has 0 radical (unpaired) electrons. The van der Waals surface area contributed by atoms with Gasteiger partial charge in [0.2, 0.25) is 10.0 Å². The highest BCUT2D eigenvalue weighted by atomic mass is 35.5. The number of nitrogens with zero attached hydrogens (tertiary/aromatic N) is 1. The maximum absolute atomic E-state index is 12.2. The Balaban J connectivity index is 1.52. The number of ether oxygens (including phenoxy) is 2. The number of primary sulfonamides is 1. The number of hydrogen-bond donors (Lipinski definition) is 2. The lowest BCUT2D eigenvalue weighted by atomic mass is 9.68. The third-order valence-corrected chi connectivity index (χ3v) is 9.60. The summed E-state index contributed by atoms with van der Waals surface area (Å²) in [7, 11) is -2.55. The maximum atomic E-state index is 12.2. The van der Waals surface area contributed by atoms with Crippen LogP contribution in [0.5, 0.6) is 5.75 Å². The van der Waals surface area contributed by atoms with Crippen LogP contribution in [0.4, 0.5) is 10.5 Å². The van der Waals surface area contributed by atoms with Gasteiger partial charge in [-0.1, -0.05) is 23.7 Å². The van der Waals surface area contributed by atoms with E-state index in [1.54, 1.807) is 18.2 Å². The number of carbonyl (C=O) groups excluding carboxylic acids is 1. The molecule has 38 heavy (non-hydrogen) atoms. The molecule has 8 nitrogen and oxygen atoms in total. The van der Waals surface area contributed by atoms with Crippen LogP contribution >= 0.6 is 11.6 Å². The number of alkyl carbamates (subject to hydrolysis) is 1. The van der Waals surface area contributed by atoms with E-state index in [4.69, 9.17) is 26.2 Å². The quantitative estimate of drug-likeness (QED) is 0.508. The lowest BCUT2D eigenvalue weighted by Crippen LogP contribution is -2.51. The predicted octanol–water partition coefficient (Wildman–Crippen LogP) is 4.40. The van der Waals surface area contributed by atoms with E-state index >= 15 is 0 Å². The van der Waals surface area contributed by atoms with Crippen molar-refractivity contribution in [2.75, 3.05) is 31.7 Å². The van der Waals surface area contributed by atoms with Gasteiger partial charge in [-0.15, -0.1) is 6.58 Å². The topological polar surface area (TPSA) is 111 Å². The normalized spacial score (nSPS) is 25.2. The second-order valence-electron chi connectivity index (χ2n) is 10.7. The van der Waals surface area contributed by atoms with Gasteiger partial charge in [0.1, 0.15) is 5.75 Å². The minimum atomic E-state index is -3.89. The van der Waals surface area contributed by atoms with E-state index in [2.05, 4.69) is 22.9 Å². The molecule has 2 aliphatic carbocycles. The van der Waals surface area contributed by atoms with Crippen LogP contribution in [0.1, 0.15) is 36.8 Å². The molecule has 1 spiro atoms. The number of carbonyl (C=O) groups is 1. The molecule has 204 valence electrons. The number of anilines is 1. The van der Waals surface area contributed by atoms with Crippen molar-refractivity contribution in [1.82, 2.24) is 5.32 Å². The summed E-state index contributed by atoms with van der Waals surface area (Å²) >= 11 is 6.34. The van der Waals surface area contributed by atoms with Crippen molar-refractivity contribution in [2.45, 2.75) is 48.5 Å². The first-order valence-electron chi connectivity index (χ1n) is 12.9. The first-order valence-corrected chi connectivity index (χ1v) is 14.9. The average molecular weight is 560 g/mol. The SMILES string of the molecule is C=C[C@@H](NC(=O)OC)[C@@H]1CC[C@H]1CN1C[C@@]2(CCCc3cc(Cl)ccc32)COc2ccc(S(N)(=O)=O)cc21. The summed E-state index contributed by atoms with van der Waals surface area (Å²) in [5.41, 5.74) is 2.91. The third-order valence-electron chi connectivity index (χ3n) is 8.45. The van der Waals surface area contributed by atoms with Gasteiger partial charge in [0, 0.05) is 23.5 Å². The molecular weight excluding hydrogens is 526 g/mol. The highest BCUT2D eigenvalue weighted by Gasteiger charge is 2.44. The van der Waals surface area contributed by atoms with E-state index in [0.29, 0.717) is 25.4 Å².